The zero-order valence-corrected chi connectivity index (χ0v) is 11.9. The summed E-state index contributed by atoms with van der Waals surface area (Å²) in [7, 11) is 0. The smallest absolute Gasteiger partial charge is 0.147 e. The molecule has 1 nitrogen and oxygen atoms in total. The summed E-state index contributed by atoms with van der Waals surface area (Å²) in [6, 6.07) is 8.98. The highest BCUT2D eigenvalue weighted by Crippen LogP contribution is 2.28. The molecule has 96 valence electrons. The van der Waals surface area contributed by atoms with Gasteiger partial charge >= 0.3 is 0 Å². The summed E-state index contributed by atoms with van der Waals surface area (Å²) < 4.78 is 13.7. The normalized spacial score (nSPS) is 12.4. The molecule has 0 spiro atoms. The van der Waals surface area contributed by atoms with Crippen molar-refractivity contribution in [3.05, 3.63) is 50.9 Å². The molecule has 1 atom stereocenters. The van der Waals surface area contributed by atoms with E-state index >= 15 is 0 Å². The van der Waals surface area contributed by atoms with Gasteiger partial charge in [-0.3, -0.25) is 0 Å². The number of hydrogen-bond acceptors (Lipinski definition) is 2. The number of thiophene rings is 1. The Morgan fingerprint density at radius 3 is 2.72 bits per heavy atom. The van der Waals surface area contributed by atoms with Crippen LogP contribution in [0.15, 0.2) is 30.3 Å². The summed E-state index contributed by atoms with van der Waals surface area (Å²) in [5.74, 6) is -0.318. The van der Waals surface area contributed by atoms with Crippen molar-refractivity contribution in [2.45, 2.75) is 26.3 Å². The van der Waals surface area contributed by atoms with Crippen molar-refractivity contribution in [2.24, 2.45) is 0 Å². The van der Waals surface area contributed by atoms with Crippen LogP contribution < -0.4 is 5.32 Å². The largest absolute Gasteiger partial charge is 0.375 e. The van der Waals surface area contributed by atoms with Gasteiger partial charge < -0.3 is 5.32 Å². The molecule has 2 rings (SSSR count). The molecule has 0 amide bonds. The summed E-state index contributed by atoms with van der Waals surface area (Å²) in [5.41, 5.74) is 0.485. The van der Waals surface area contributed by atoms with Crippen LogP contribution in [0.2, 0.25) is 5.02 Å². The molecule has 2 aromatic rings. The van der Waals surface area contributed by atoms with Gasteiger partial charge in [-0.15, -0.1) is 11.3 Å². The fraction of sp³-hybridized carbons (Fsp3) is 0.286. The van der Waals surface area contributed by atoms with Crippen molar-refractivity contribution in [1.82, 2.24) is 0 Å². The second-order valence-corrected chi connectivity index (χ2v) is 5.78. The van der Waals surface area contributed by atoms with Crippen LogP contribution in [0.1, 0.15) is 29.6 Å². The standard InChI is InChI=1S/C14H15ClFNS/c1-3-11-5-7-14(18-11)9(2)17-13-6-4-10(15)8-12(13)16/h4-9,17H,3H2,1-2H3. The van der Waals surface area contributed by atoms with E-state index in [1.54, 1.807) is 23.5 Å². The highest BCUT2D eigenvalue weighted by molar-refractivity contribution is 7.12. The third kappa shape index (κ3) is 3.03. The molecule has 4 heteroatoms. The summed E-state index contributed by atoms with van der Waals surface area (Å²) >= 11 is 7.49. The van der Waals surface area contributed by atoms with Gasteiger partial charge in [0, 0.05) is 14.8 Å². The van der Waals surface area contributed by atoms with E-state index in [1.165, 1.54) is 15.8 Å². The van der Waals surface area contributed by atoms with Gasteiger partial charge in [0.1, 0.15) is 5.82 Å². The van der Waals surface area contributed by atoms with Crippen LogP contribution in [-0.4, -0.2) is 0 Å². The number of nitrogens with one attached hydrogen (secondary N) is 1. The first-order valence-electron chi connectivity index (χ1n) is 5.90. The van der Waals surface area contributed by atoms with Crippen LogP contribution in [0.4, 0.5) is 10.1 Å². The number of halogens is 2. The molecule has 0 saturated heterocycles. The maximum Gasteiger partial charge on any atom is 0.147 e. The lowest BCUT2D eigenvalue weighted by atomic mass is 10.2. The van der Waals surface area contributed by atoms with Crippen molar-refractivity contribution in [3.63, 3.8) is 0 Å². The van der Waals surface area contributed by atoms with Crippen LogP contribution in [0.25, 0.3) is 0 Å². The fourth-order valence-electron chi connectivity index (χ4n) is 1.73. The molecule has 0 aliphatic heterocycles. The molecule has 1 aromatic carbocycles. The molecule has 1 N–H and O–H groups in total. The van der Waals surface area contributed by atoms with Crippen molar-refractivity contribution in [2.75, 3.05) is 5.32 Å². The molecule has 0 radical (unpaired) electrons. The average molecular weight is 284 g/mol. The highest BCUT2D eigenvalue weighted by Gasteiger charge is 2.10. The lowest BCUT2D eigenvalue weighted by molar-refractivity contribution is 0.628. The summed E-state index contributed by atoms with van der Waals surface area (Å²) in [6.07, 6.45) is 1.03. The Hall–Kier alpha value is -1.06. The Morgan fingerprint density at radius 1 is 1.33 bits per heavy atom. The van der Waals surface area contributed by atoms with Gasteiger partial charge in [0.25, 0.3) is 0 Å². The molecule has 0 aliphatic carbocycles. The van der Waals surface area contributed by atoms with E-state index in [4.69, 9.17) is 11.6 Å². The van der Waals surface area contributed by atoms with Crippen LogP contribution >= 0.6 is 22.9 Å². The average Bonchev–Trinajstić information content (AvgIpc) is 2.81. The van der Waals surface area contributed by atoms with E-state index in [-0.39, 0.29) is 11.9 Å². The molecule has 0 fully saturated rings. The van der Waals surface area contributed by atoms with Crippen LogP contribution in [-0.2, 0) is 6.42 Å². The number of benzene rings is 1. The minimum atomic E-state index is -0.318. The first kappa shape index (κ1) is 13.4. The van der Waals surface area contributed by atoms with Gasteiger partial charge in [-0.25, -0.2) is 4.39 Å². The summed E-state index contributed by atoms with van der Waals surface area (Å²) in [5, 5.41) is 3.58. The topological polar surface area (TPSA) is 12.0 Å². The number of hydrogen-bond donors (Lipinski definition) is 1. The van der Waals surface area contributed by atoms with Crippen molar-refractivity contribution in [3.8, 4) is 0 Å². The van der Waals surface area contributed by atoms with Gasteiger partial charge in [-0.2, -0.15) is 0 Å². The van der Waals surface area contributed by atoms with Crippen LogP contribution in [0.5, 0.6) is 0 Å². The summed E-state index contributed by atoms with van der Waals surface area (Å²) in [4.78, 5) is 2.55. The quantitative estimate of drug-likeness (QED) is 0.805. The SMILES string of the molecule is CCc1ccc(C(C)Nc2ccc(Cl)cc2F)s1. The van der Waals surface area contributed by atoms with E-state index in [9.17, 15) is 4.39 Å². The lowest BCUT2D eigenvalue weighted by Gasteiger charge is -2.14. The second kappa shape index (κ2) is 5.72. The van der Waals surface area contributed by atoms with Gasteiger partial charge in [-0.05, 0) is 43.7 Å². The Kier molecular flexibility index (Phi) is 4.25. The minimum absolute atomic E-state index is 0.0889. The third-order valence-corrected chi connectivity index (χ3v) is 4.41. The van der Waals surface area contributed by atoms with Crippen molar-refractivity contribution < 1.29 is 4.39 Å². The Bertz CT molecular complexity index is 538. The molecule has 1 unspecified atom stereocenters. The van der Waals surface area contributed by atoms with E-state index in [0.29, 0.717) is 10.7 Å². The first-order chi connectivity index (χ1) is 8.60. The van der Waals surface area contributed by atoms with Crippen LogP contribution in [0, 0.1) is 5.82 Å². The second-order valence-electron chi connectivity index (χ2n) is 4.15. The summed E-state index contributed by atoms with van der Waals surface area (Å²) in [6.45, 7) is 4.16. The molecule has 0 saturated carbocycles. The van der Waals surface area contributed by atoms with E-state index in [1.807, 2.05) is 6.92 Å². The lowest BCUT2D eigenvalue weighted by Crippen LogP contribution is -2.06. The molecule has 1 aromatic heterocycles. The number of rotatable bonds is 4. The van der Waals surface area contributed by atoms with E-state index in [2.05, 4.69) is 24.4 Å². The number of anilines is 1. The predicted molar refractivity (Wildman–Crippen MR) is 77.1 cm³/mol. The van der Waals surface area contributed by atoms with Crippen LogP contribution in [0.3, 0.4) is 0 Å². The van der Waals surface area contributed by atoms with Crippen molar-refractivity contribution >= 4 is 28.6 Å². The molecule has 0 bridgehead atoms. The Labute approximate surface area is 116 Å². The first-order valence-corrected chi connectivity index (χ1v) is 7.09. The Balaban J connectivity index is 2.13. The molecule has 1 heterocycles. The fourth-order valence-corrected chi connectivity index (χ4v) is 2.84. The molecule has 0 aliphatic rings. The Morgan fingerprint density at radius 2 is 2.11 bits per heavy atom. The predicted octanol–water partition coefficient (Wildman–Crippen LogP) is 5.28. The van der Waals surface area contributed by atoms with E-state index < -0.39 is 0 Å². The molecular weight excluding hydrogens is 269 g/mol. The monoisotopic (exact) mass is 283 g/mol. The molecule has 18 heavy (non-hydrogen) atoms. The maximum atomic E-state index is 13.7. The zero-order valence-electron chi connectivity index (χ0n) is 10.3. The zero-order chi connectivity index (χ0) is 13.1. The third-order valence-electron chi connectivity index (χ3n) is 2.76. The number of aryl methyl sites for hydroxylation is 1. The van der Waals surface area contributed by atoms with Gasteiger partial charge in [0.05, 0.1) is 11.7 Å². The van der Waals surface area contributed by atoms with Gasteiger partial charge in [0.15, 0.2) is 0 Å². The maximum absolute atomic E-state index is 13.7. The molecular formula is C14H15ClFNS. The van der Waals surface area contributed by atoms with Crippen molar-refractivity contribution in [1.29, 1.82) is 0 Å². The minimum Gasteiger partial charge on any atom is -0.375 e. The van der Waals surface area contributed by atoms with Gasteiger partial charge in [0.2, 0.25) is 0 Å². The van der Waals surface area contributed by atoms with E-state index in [0.717, 1.165) is 6.42 Å². The highest BCUT2D eigenvalue weighted by atomic mass is 35.5. The van der Waals surface area contributed by atoms with Gasteiger partial charge in [-0.1, -0.05) is 18.5 Å².